The SMILES string of the molecule is COC1C(C(OC2OC(C(=O)NC3CCCC(C)NC3=O)=CC3OC(C)(C)OC32)C(N)=O)OC(n2ccc(=O)[nH]c2=O)C1OC(=O)CC(c1ccccc1)c1ccccc1. The van der Waals surface area contributed by atoms with Crippen molar-refractivity contribution in [1.82, 2.24) is 20.2 Å². The normalized spacial score (nSPS) is 29.0. The Hall–Kier alpha value is -5.66. The maximum atomic E-state index is 14.0. The molecule has 4 aliphatic rings. The van der Waals surface area contributed by atoms with Crippen LogP contribution < -0.4 is 27.6 Å². The van der Waals surface area contributed by atoms with Gasteiger partial charge in [-0.1, -0.05) is 60.7 Å². The zero-order chi connectivity index (χ0) is 42.7. The number of H-pyrrole nitrogens is 1. The van der Waals surface area contributed by atoms with Crippen molar-refractivity contribution in [3.05, 3.63) is 117 Å². The van der Waals surface area contributed by atoms with E-state index in [1.54, 1.807) is 13.8 Å². The molecular weight excluding hydrogens is 782 g/mol. The third-order valence-corrected chi connectivity index (χ3v) is 10.9. The molecule has 1 aromatic heterocycles. The predicted molar refractivity (Wildman–Crippen MR) is 209 cm³/mol. The highest BCUT2D eigenvalue weighted by atomic mass is 16.8. The monoisotopic (exact) mass is 831 g/mol. The molecule has 18 nitrogen and oxygen atoms in total. The molecule has 0 bridgehead atoms. The molecule has 5 N–H and O–H groups in total. The number of carbonyl (C=O) groups is 4. The molecule has 7 rings (SSSR count). The minimum Gasteiger partial charge on any atom is -0.456 e. The number of amides is 3. The maximum Gasteiger partial charge on any atom is 0.330 e. The fourth-order valence-electron chi connectivity index (χ4n) is 8.08. The number of hydrogen-bond donors (Lipinski definition) is 4. The Labute approximate surface area is 344 Å². The van der Waals surface area contributed by atoms with Gasteiger partial charge in [0.05, 0.1) is 6.42 Å². The van der Waals surface area contributed by atoms with E-state index in [4.69, 9.17) is 38.9 Å². The van der Waals surface area contributed by atoms with E-state index in [1.165, 1.54) is 13.2 Å². The lowest BCUT2D eigenvalue weighted by Gasteiger charge is -2.35. The van der Waals surface area contributed by atoms with Gasteiger partial charge in [0, 0.05) is 31.3 Å². The van der Waals surface area contributed by atoms with E-state index in [0.29, 0.717) is 12.8 Å². The number of nitrogens with zero attached hydrogens (tertiary/aromatic N) is 1. The van der Waals surface area contributed by atoms with Gasteiger partial charge in [-0.2, -0.15) is 0 Å². The highest BCUT2D eigenvalue weighted by Crippen LogP contribution is 2.40. The lowest BCUT2D eigenvalue weighted by molar-refractivity contribution is -0.241. The van der Waals surface area contributed by atoms with Gasteiger partial charge in [-0.05, 0) is 57.2 Å². The lowest BCUT2D eigenvalue weighted by Crippen LogP contribution is -2.54. The smallest absolute Gasteiger partial charge is 0.330 e. The highest BCUT2D eigenvalue weighted by molar-refractivity contribution is 5.95. The van der Waals surface area contributed by atoms with Gasteiger partial charge in [0.1, 0.15) is 24.4 Å². The van der Waals surface area contributed by atoms with Crippen molar-refractivity contribution >= 4 is 23.7 Å². The van der Waals surface area contributed by atoms with Gasteiger partial charge in [-0.25, -0.2) is 4.79 Å². The molecule has 3 fully saturated rings. The van der Waals surface area contributed by atoms with Crippen LogP contribution >= 0.6 is 0 Å². The first kappa shape index (κ1) is 42.5. The maximum absolute atomic E-state index is 14.0. The average molecular weight is 832 g/mol. The molecule has 0 radical (unpaired) electrons. The second-order valence-electron chi connectivity index (χ2n) is 15.6. The topological polar surface area (TPSA) is 238 Å². The van der Waals surface area contributed by atoms with Gasteiger partial charge in [0.15, 0.2) is 36.1 Å². The molecule has 10 unspecified atom stereocenters. The number of nitrogens with two attached hydrogens (primary N) is 1. The van der Waals surface area contributed by atoms with Crippen LogP contribution in [0.4, 0.5) is 0 Å². The van der Waals surface area contributed by atoms with Crippen LogP contribution in [0.5, 0.6) is 0 Å². The van der Waals surface area contributed by atoms with Crippen molar-refractivity contribution in [3.63, 3.8) is 0 Å². The molecular formula is C42H49N5O13. The summed E-state index contributed by atoms with van der Waals surface area (Å²) in [4.78, 5) is 81.4. The summed E-state index contributed by atoms with van der Waals surface area (Å²) in [6.45, 7) is 5.17. The number of aromatic amines is 1. The molecule has 0 aliphatic carbocycles. The van der Waals surface area contributed by atoms with E-state index in [1.807, 2.05) is 67.6 Å². The molecule has 3 aromatic rings. The largest absolute Gasteiger partial charge is 0.456 e. The van der Waals surface area contributed by atoms with Crippen LogP contribution in [0.1, 0.15) is 69.7 Å². The number of aromatic nitrogens is 2. The molecule has 4 aliphatic heterocycles. The van der Waals surface area contributed by atoms with Crippen LogP contribution in [0.3, 0.4) is 0 Å². The van der Waals surface area contributed by atoms with Crippen molar-refractivity contribution in [2.24, 2.45) is 5.73 Å². The van der Waals surface area contributed by atoms with Gasteiger partial charge in [0.2, 0.25) is 18.1 Å². The zero-order valence-electron chi connectivity index (χ0n) is 33.5. The van der Waals surface area contributed by atoms with E-state index in [-0.39, 0.29) is 24.1 Å². The lowest BCUT2D eigenvalue weighted by atomic mass is 9.88. The second kappa shape index (κ2) is 17.9. The minimum atomic E-state index is -1.75. The molecule has 10 atom stereocenters. The van der Waals surface area contributed by atoms with E-state index < -0.39 is 95.9 Å². The first-order valence-corrected chi connectivity index (χ1v) is 19.8. The zero-order valence-corrected chi connectivity index (χ0v) is 33.5. The van der Waals surface area contributed by atoms with Crippen LogP contribution in [0.25, 0.3) is 0 Å². The van der Waals surface area contributed by atoms with Crippen LogP contribution in [-0.4, -0.2) is 101 Å². The number of esters is 1. The molecule has 3 amide bonds. The average Bonchev–Trinajstić information content (AvgIpc) is 3.67. The fraction of sp³-hybridized carbons (Fsp3) is 0.476. The Morgan fingerprint density at radius 3 is 2.28 bits per heavy atom. The van der Waals surface area contributed by atoms with Crippen molar-refractivity contribution in [1.29, 1.82) is 0 Å². The summed E-state index contributed by atoms with van der Waals surface area (Å²) in [6, 6.07) is 18.9. The number of methoxy groups -OCH3 is 1. The van der Waals surface area contributed by atoms with Crippen molar-refractivity contribution in [3.8, 4) is 0 Å². The summed E-state index contributed by atoms with van der Waals surface area (Å²) in [5, 5.41) is 5.59. The predicted octanol–water partition coefficient (Wildman–Crippen LogP) is 1.39. The Morgan fingerprint density at radius 1 is 0.967 bits per heavy atom. The number of rotatable bonds is 13. The minimum absolute atomic E-state index is 0.0557. The van der Waals surface area contributed by atoms with E-state index in [2.05, 4.69) is 15.6 Å². The molecule has 5 heterocycles. The van der Waals surface area contributed by atoms with Crippen LogP contribution in [0, 0.1) is 0 Å². The molecule has 2 aromatic carbocycles. The third kappa shape index (κ3) is 9.37. The summed E-state index contributed by atoms with van der Waals surface area (Å²) in [7, 11) is 1.29. The molecule has 320 valence electrons. The summed E-state index contributed by atoms with van der Waals surface area (Å²) >= 11 is 0. The molecule has 60 heavy (non-hydrogen) atoms. The van der Waals surface area contributed by atoms with Gasteiger partial charge in [0.25, 0.3) is 11.5 Å². The number of primary amides is 1. The van der Waals surface area contributed by atoms with Gasteiger partial charge < -0.3 is 49.5 Å². The fourth-order valence-corrected chi connectivity index (χ4v) is 8.08. The quantitative estimate of drug-likeness (QED) is 0.179. The van der Waals surface area contributed by atoms with Gasteiger partial charge in [-0.15, -0.1) is 0 Å². The van der Waals surface area contributed by atoms with Gasteiger partial charge in [-0.3, -0.25) is 33.5 Å². The second-order valence-corrected chi connectivity index (χ2v) is 15.6. The number of fused-ring (bicyclic) bond motifs is 1. The Kier molecular flexibility index (Phi) is 12.7. The highest BCUT2D eigenvalue weighted by Gasteiger charge is 2.56. The Balaban J connectivity index is 1.17. The first-order valence-electron chi connectivity index (χ1n) is 19.8. The summed E-state index contributed by atoms with van der Waals surface area (Å²) < 4.78 is 43.8. The van der Waals surface area contributed by atoms with E-state index in [9.17, 15) is 28.8 Å². The summed E-state index contributed by atoms with van der Waals surface area (Å²) in [6.07, 6.45) is -6.64. The number of benzene rings is 2. The van der Waals surface area contributed by atoms with Crippen molar-refractivity contribution in [2.45, 2.75) is 119 Å². The number of hydrogen-bond acceptors (Lipinski definition) is 13. The third-order valence-electron chi connectivity index (χ3n) is 10.9. The first-order chi connectivity index (χ1) is 28.7. The number of nitrogens with one attached hydrogen (secondary N) is 3. The number of ether oxygens (including phenoxy) is 7. The van der Waals surface area contributed by atoms with Crippen LogP contribution in [0.2, 0.25) is 0 Å². The standard InChI is InChI=1S/C42H49N5O13/c1-22-12-11-17-26(37(51)44-22)45-38(52)28-21-27-31(60-42(2,3)59-27)40(55-28)58-34(36(43)50)33-32(54-4)35(39(57-33)47-19-18-29(48)46-41(47)53)56-30(49)20-25(23-13-7-5-8-14-23)24-15-9-6-10-16-24/h5-10,13-16,18-19,21-22,25-27,31-35,39-40H,11-12,17,20H2,1-4H3,(H2,43,50)(H,44,51)(H,45,52)(H,46,48,53). The molecule has 18 heteroatoms. The Morgan fingerprint density at radius 2 is 1.65 bits per heavy atom. The molecule has 0 spiro atoms. The summed E-state index contributed by atoms with van der Waals surface area (Å²) in [5.74, 6) is -4.71. The number of carbonyl (C=O) groups excluding carboxylic acids is 4. The van der Waals surface area contributed by atoms with Crippen LogP contribution in [0.15, 0.2) is 94.4 Å². The van der Waals surface area contributed by atoms with Crippen molar-refractivity contribution in [2.75, 3.05) is 7.11 Å². The van der Waals surface area contributed by atoms with E-state index >= 15 is 0 Å². The van der Waals surface area contributed by atoms with E-state index in [0.717, 1.165) is 34.4 Å². The van der Waals surface area contributed by atoms with Crippen molar-refractivity contribution < 1.29 is 52.3 Å². The van der Waals surface area contributed by atoms with Gasteiger partial charge >= 0.3 is 11.7 Å². The Bertz CT molecular complexity index is 2150. The molecule has 0 saturated carbocycles. The summed E-state index contributed by atoms with van der Waals surface area (Å²) in [5.41, 5.74) is 6.09. The van der Waals surface area contributed by atoms with Crippen LogP contribution in [-0.2, 0) is 52.3 Å². The molecule has 3 saturated heterocycles.